The first kappa shape index (κ1) is 15.3. The number of nitrogens with one attached hydrogen (secondary N) is 2. The second kappa shape index (κ2) is 7.11. The number of hydrogen-bond donors (Lipinski definition) is 2. The van der Waals surface area contributed by atoms with E-state index in [2.05, 4.69) is 26.6 Å². The minimum absolute atomic E-state index is 0.106. The molecule has 1 amide bonds. The van der Waals surface area contributed by atoms with Crippen molar-refractivity contribution in [1.82, 2.24) is 4.98 Å². The topological polar surface area (TPSA) is 66.5 Å². The zero-order valence-corrected chi connectivity index (χ0v) is 13.1. The van der Waals surface area contributed by atoms with Crippen LogP contribution in [0.15, 0.2) is 42.6 Å². The Kier molecular flexibility index (Phi) is 4.73. The molecule has 0 radical (unpaired) electrons. The summed E-state index contributed by atoms with van der Waals surface area (Å²) in [5, 5.41) is 6.05. The van der Waals surface area contributed by atoms with Gasteiger partial charge in [-0.15, -0.1) is 0 Å². The summed E-state index contributed by atoms with van der Waals surface area (Å²) in [6, 6.07) is 11.8. The van der Waals surface area contributed by atoms with Crippen molar-refractivity contribution in [3.63, 3.8) is 0 Å². The Morgan fingerprint density at radius 3 is 2.65 bits per heavy atom. The average Bonchev–Trinajstić information content (AvgIpc) is 2.57. The highest BCUT2D eigenvalue weighted by molar-refractivity contribution is 5.88. The normalized spacial score (nSPS) is 14.4. The minimum atomic E-state index is -0.106. The molecule has 1 aliphatic heterocycles. The molecule has 23 heavy (non-hydrogen) atoms. The van der Waals surface area contributed by atoms with Crippen LogP contribution in [0.4, 0.5) is 22.9 Å². The van der Waals surface area contributed by atoms with Crippen molar-refractivity contribution in [3.05, 3.63) is 42.6 Å². The molecule has 1 aromatic heterocycles. The molecule has 6 heteroatoms. The zero-order chi connectivity index (χ0) is 16.1. The fourth-order valence-electron chi connectivity index (χ4n) is 2.54. The van der Waals surface area contributed by atoms with E-state index < -0.39 is 0 Å². The summed E-state index contributed by atoms with van der Waals surface area (Å²) in [6.07, 6.45) is 1.64. The Balaban J connectivity index is 1.76. The van der Waals surface area contributed by atoms with Crippen molar-refractivity contribution in [3.8, 4) is 0 Å². The number of pyridine rings is 1. The second-order valence-electron chi connectivity index (χ2n) is 5.35. The van der Waals surface area contributed by atoms with Crippen LogP contribution in [0, 0.1) is 0 Å². The predicted octanol–water partition coefficient (Wildman–Crippen LogP) is 2.62. The third-order valence-corrected chi connectivity index (χ3v) is 3.60. The van der Waals surface area contributed by atoms with Crippen molar-refractivity contribution in [2.75, 3.05) is 41.8 Å². The van der Waals surface area contributed by atoms with Gasteiger partial charge in [0.15, 0.2) is 0 Å². The Hall–Kier alpha value is -2.60. The highest BCUT2D eigenvalue weighted by atomic mass is 16.5. The van der Waals surface area contributed by atoms with Crippen molar-refractivity contribution >= 4 is 28.8 Å². The van der Waals surface area contributed by atoms with Gasteiger partial charge in [-0.3, -0.25) is 4.79 Å². The van der Waals surface area contributed by atoms with E-state index in [1.54, 1.807) is 6.20 Å². The molecule has 0 bridgehead atoms. The lowest BCUT2D eigenvalue weighted by Gasteiger charge is -2.30. The number of morpholine rings is 1. The summed E-state index contributed by atoms with van der Waals surface area (Å²) in [5.74, 6) is 0.630. The smallest absolute Gasteiger partial charge is 0.221 e. The monoisotopic (exact) mass is 312 g/mol. The number of amides is 1. The third kappa shape index (κ3) is 3.98. The molecule has 120 valence electrons. The van der Waals surface area contributed by atoms with E-state index in [0.717, 1.165) is 43.5 Å². The Morgan fingerprint density at radius 1 is 1.17 bits per heavy atom. The Bertz CT molecular complexity index is 667. The summed E-state index contributed by atoms with van der Waals surface area (Å²) >= 11 is 0. The highest BCUT2D eigenvalue weighted by Crippen LogP contribution is 2.28. The highest BCUT2D eigenvalue weighted by Gasteiger charge is 2.14. The molecule has 1 aromatic carbocycles. The van der Waals surface area contributed by atoms with Gasteiger partial charge in [0.1, 0.15) is 5.82 Å². The molecule has 0 atom stereocenters. The van der Waals surface area contributed by atoms with E-state index in [4.69, 9.17) is 4.74 Å². The molecule has 0 aliphatic carbocycles. The van der Waals surface area contributed by atoms with Crippen LogP contribution < -0.4 is 15.5 Å². The van der Waals surface area contributed by atoms with Crippen LogP contribution in [0.5, 0.6) is 0 Å². The van der Waals surface area contributed by atoms with Gasteiger partial charge in [-0.1, -0.05) is 12.1 Å². The molecule has 1 saturated heterocycles. The quantitative estimate of drug-likeness (QED) is 0.908. The summed E-state index contributed by atoms with van der Waals surface area (Å²) in [4.78, 5) is 17.7. The first-order valence-electron chi connectivity index (χ1n) is 7.65. The predicted molar refractivity (Wildman–Crippen MR) is 91.3 cm³/mol. The maximum absolute atomic E-state index is 11.0. The fourth-order valence-corrected chi connectivity index (χ4v) is 2.54. The second-order valence-corrected chi connectivity index (χ2v) is 5.35. The standard InChI is InChI=1S/C17H20N4O2/c1-13(22)19-14-6-7-17(18-12-14)20-15-4-2-3-5-16(15)21-8-10-23-11-9-21/h2-7,12H,8-11H2,1H3,(H,18,20)(H,19,22). The van der Waals surface area contributed by atoms with Gasteiger partial charge in [0.2, 0.25) is 5.91 Å². The molecule has 1 aliphatic rings. The number of carbonyl (C=O) groups is 1. The first-order chi connectivity index (χ1) is 11.2. The van der Waals surface area contributed by atoms with Crippen LogP contribution in [0.25, 0.3) is 0 Å². The number of rotatable bonds is 4. The number of carbonyl (C=O) groups excluding carboxylic acids is 1. The number of ether oxygens (including phenoxy) is 1. The third-order valence-electron chi connectivity index (χ3n) is 3.60. The van der Waals surface area contributed by atoms with E-state index in [1.165, 1.54) is 6.92 Å². The number of benzene rings is 1. The van der Waals surface area contributed by atoms with E-state index in [9.17, 15) is 4.79 Å². The van der Waals surface area contributed by atoms with Gasteiger partial charge >= 0.3 is 0 Å². The van der Waals surface area contributed by atoms with Crippen LogP contribution in [-0.2, 0) is 9.53 Å². The van der Waals surface area contributed by atoms with Crippen LogP contribution in [0.1, 0.15) is 6.92 Å². The van der Waals surface area contributed by atoms with Gasteiger partial charge in [-0.05, 0) is 24.3 Å². The number of para-hydroxylation sites is 2. The zero-order valence-electron chi connectivity index (χ0n) is 13.1. The molecular formula is C17H20N4O2. The van der Waals surface area contributed by atoms with E-state index >= 15 is 0 Å². The van der Waals surface area contributed by atoms with Crippen LogP contribution in [-0.4, -0.2) is 37.2 Å². The number of aromatic nitrogens is 1. The van der Waals surface area contributed by atoms with Gasteiger partial charge in [-0.25, -0.2) is 4.98 Å². The number of anilines is 4. The van der Waals surface area contributed by atoms with Crippen molar-refractivity contribution in [2.45, 2.75) is 6.92 Å². The summed E-state index contributed by atoms with van der Waals surface area (Å²) in [6.45, 7) is 4.74. The van der Waals surface area contributed by atoms with Crippen LogP contribution >= 0.6 is 0 Å². The molecule has 2 aromatic rings. The van der Waals surface area contributed by atoms with Crippen molar-refractivity contribution in [2.24, 2.45) is 0 Å². The van der Waals surface area contributed by atoms with E-state index in [0.29, 0.717) is 5.69 Å². The van der Waals surface area contributed by atoms with Crippen molar-refractivity contribution in [1.29, 1.82) is 0 Å². The van der Waals surface area contributed by atoms with E-state index in [-0.39, 0.29) is 5.91 Å². The van der Waals surface area contributed by atoms with Gasteiger partial charge in [-0.2, -0.15) is 0 Å². The number of nitrogens with zero attached hydrogens (tertiary/aromatic N) is 2. The molecule has 2 N–H and O–H groups in total. The van der Waals surface area contributed by atoms with Gasteiger partial charge < -0.3 is 20.3 Å². The molecule has 0 saturated carbocycles. The molecule has 2 heterocycles. The molecule has 6 nitrogen and oxygen atoms in total. The molecule has 0 unspecified atom stereocenters. The average molecular weight is 312 g/mol. The minimum Gasteiger partial charge on any atom is -0.378 e. The first-order valence-corrected chi connectivity index (χ1v) is 7.65. The van der Waals surface area contributed by atoms with Gasteiger partial charge in [0, 0.05) is 20.0 Å². The SMILES string of the molecule is CC(=O)Nc1ccc(Nc2ccccc2N2CCOCC2)nc1. The lowest BCUT2D eigenvalue weighted by atomic mass is 10.2. The van der Waals surface area contributed by atoms with Gasteiger partial charge in [0.05, 0.1) is 36.5 Å². The lowest BCUT2D eigenvalue weighted by molar-refractivity contribution is -0.114. The molecular weight excluding hydrogens is 292 g/mol. The van der Waals surface area contributed by atoms with E-state index in [1.807, 2.05) is 30.3 Å². The Labute approximate surface area is 135 Å². The summed E-state index contributed by atoms with van der Waals surface area (Å²) < 4.78 is 5.42. The summed E-state index contributed by atoms with van der Waals surface area (Å²) in [7, 11) is 0. The molecule has 0 spiro atoms. The van der Waals surface area contributed by atoms with Gasteiger partial charge in [0.25, 0.3) is 0 Å². The lowest BCUT2D eigenvalue weighted by Crippen LogP contribution is -2.36. The molecule has 1 fully saturated rings. The van der Waals surface area contributed by atoms with Crippen LogP contribution in [0.3, 0.4) is 0 Å². The maximum atomic E-state index is 11.0. The summed E-state index contributed by atoms with van der Waals surface area (Å²) in [5.41, 5.74) is 2.84. The molecule has 3 rings (SSSR count). The fraction of sp³-hybridized carbons (Fsp3) is 0.294. The number of hydrogen-bond acceptors (Lipinski definition) is 5. The largest absolute Gasteiger partial charge is 0.378 e. The van der Waals surface area contributed by atoms with Crippen molar-refractivity contribution < 1.29 is 9.53 Å². The Morgan fingerprint density at radius 2 is 1.96 bits per heavy atom. The van der Waals surface area contributed by atoms with Crippen LogP contribution in [0.2, 0.25) is 0 Å². The maximum Gasteiger partial charge on any atom is 0.221 e.